The highest BCUT2D eigenvalue weighted by molar-refractivity contribution is 9.11. The molecule has 0 atom stereocenters. The summed E-state index contributed by atoms with van der Waals surface area (Å²) in [7, 11) is -3.98. The lowest BCUT2D eigenvalue weighted by atomic mass is 10.3. The molecule has 0 bridgehead atoms. The minimum absolute atomic E-state index is 0.0321. The highest BCUT2D eigenvalue weighted by Gasteiger charge is 2.20. The van der Waals surface area contributed by atoms with Crippen molar-refractivity contribution in [2.45, 2.75) is 4.21 Å². The molecule has 106 valence electrons. The molecule has 20 heavy (non-hydrogen) atoms. The lowest BCUT2D eigenvalue weighted by Gasteiger charge is -2.07. The summed E-state index contributed by atoms with van der Waals surface area (Å²) in [6, 6.07) is 5.49. The number of nitrogens with one attached hydrogen (secondary N) is 1. The first-order valence-corrected chi connectivity index (χ1v) is 8.11. The molecule has 0 amide bonds. The SMILES string of the molecule is O=[N+]([O-])c1ccc(F)c(NS(=O)(=O)c2ccc(Br)s2)c1. The summed E-state index contributed by atoms with van der Waals surface area (Å²) in [6.45, 7) is 0. The van der Waals surface area contributed by atoms with Crippen molar-refractivity contribution in [3.63, 3.8) is 0 Å². The maximum atomic E-state index is 13.5. The second kappa shape index (κ2) is 5.46. The monoisotopic (exact) mass is 380 g/mol. The molecule has 2 rings (SSSR count). The first kappa shape index (κ1) is 14.9. The zero-order valence-corrected chi connectivity index (χ0v) is 12.8. The van der Waals surface area contributed by atoms with Crippen molar-refractivity contribution >= 4 is 48.7 Å². The number of nitro groups is 1. The molecule has 0 saturated heterocycles. The van der Waals surface area contributed by atoms with E-state index in [2.05, 4.69) is 15.9 Å². The molecule has 0 aliphatic heterocycles. The molecule has 2 aromatic rings. The number of halogens is 2. The molecule has 1 N–H and O–H groups in total. The zero-order valence-electron chi connectivity index (χ0n) is 9.54. The van der Waals surface area contributed by atoms with E-state index in [-0.39, 0.29) is 4.21 Å². The Hall–Kier alpha value is -1.52. The van der Waals surface area contributed by atoms with Gasteiger partial charge in [-0.25, -0.2) is 12.8 Å². The minimum Gasteiger partial charge on any atom is -0.276 e. The first-order valence-electron chi connectivity index (χ1n) is 5.02. The Bertz CT molecular complexity index is 775. The number of nitrogens with zero attached hydrogens (tertiary/aromatic N) is 1. The number of nitro benzene ring substituents is 1. The van der Waals surface area contributed by atoms with Crippen molar-refractivity contribution in [1.82, 2.24) is 0 Å². The van der Waals surface area contributed by atoms with Crippen molar-refractivity contribution in [3.8, 4) is 0 Å². The van der Waals surface area contributed by atoms with Crippen LogP contribution in [0, 0.1) is 15.9 Å². The number of sulfonamides is 1. The lowest BCUT2D eigenvalue weighted by Crippen LogP contribution is -2.12. The average molecular weight is 381 g/mol. The Morgan fingerprint density at radius 1 is 1.30 bits per heavy atom. The van der Waals surface area contributed by atoms with Crippen LogP contribution in [0.25, 0.3) is 0 Å². The summed E-state index contributed by atoms with van der Waals surface area (Å²) in [5, 5.41) is 10.6. The smallest absolute Gasteiger partial charge is 0.271 e. The fraction of sp³-hybridized carbons (Fsp3) is 0. The van der Waals surface area contributed by atoms with Gasteiger partial charge in [0.15, 0.2) is 0 Å². The van der Waals surface area contributed by atoms with Gasteiger partial charge in [-0.3, -0.25) is 14.8 Å². The van der Waals surface area contributed by atoms with Crippen molar-refractivity contribution in [2.75, 3.05) is 4.72 Å². The summed E-state index contributed by atoms with van der Waals surface area (Å²) < 4.78 is 40.1. The van der Waals surface area contributed by atoms with Crippen LogP contribution >= 0.6 is 27.3 Å². The summed E-state index contributed by atoms with van der Waals surface area (Å²) in [5.41, 5.74) is -0.875. The highest BCUT2D eigenvalue weighted by Crippen LogP contribution is 2.29. The quantitative estimate of drug-likeness (QED) is 0.650. The van der Waals surface area contributed by atoms with E-state index >= 15 is 0 Å². The van der Waals surface area contributed by atoms with Crippen LogP contribution in [0.4, 0.5) is 15.8 Å². The molecule has 10 heteroatoms. The van der Waals surface area contributed by atoms with E-state index in [0.717, 1.165) is 29.5 Å². The largest absolute Gasteiger partial charge is 0.276 e. The van der Waals surface area contributed by atoms with Crippen molar-refractivity contribution < 1.29 is 17.7 Å². The molecular weight excluding hydrogens is 375 g/mol. The molecule has 1 heterocycles. The molecule has 1 aromatic heterocycles. The zero-order chi connectivity index (χ0) is 14.9. The molecule has 0 aliphatic carbocycles. The fourth-order valence-corrected chi connectivity index (χ4v) is 4.41. The molecule has 0 saturated carbocycles. The van der Waals surface area contributed by atoms with Crippen LogP contribution < -0.4 is 4.72 Å². The number of anilines is 1. The third-order valence-corrected chi connectivity index (χ3v) is 5.70. The van der Waals surface area contributed by atoms with Gasteiger partial charge in [0.1, 0.15) is 10.0 Å². The summed E-state index contributed by atoms with van der Waals surface area (Å²) in [4.78, 5) is 9.87. The Morgan fingerprint density at radius 3 is 2.55 bits per heavy atom. The third kappa shape index (κ3) is 3.14. The second-order valence-corrected chi connectivity index (χ2v) is 7.96. The van der Waals surface area contributed by atoms with Crippen LogP contribution in [0.3, 0.4) is 0 Å². The number of hydrogen-bond donors (Lipinski definition) is 1. The first-order chi connectivity index (χ1) is 9.29. The Kier molecular flexibility index (Phi) is 4.06. The van der Waals surface area contributed by atoms with Gasteiger partial charge in [0.05, 0.1) is 14.4 Å². The maximum absolute atomic E-state index is 13.5. The van der Waals surface area contributed by atoms with Gasteiger partial charge in [-0.15, -0.1) is 11.3 Å². The van der Waals surface area contributed by atoms with Crippen LogP contribution in [0.1, 0.15) is 0 Å². The van der Waals surface area contributed by atoms with Crippen molar-refractivity contribution in [2.24, 2.45) is 0 Å². The molecule has 0 fully saturated rings. The molecule has 0 spiro atoms. The number of benzene rings is 1. The third-order valence-electron chi connectivity index (χ3n) is 2.22. The van der Waals surface area contributed by atoms with Gasteiger partial charge in [0, 0.05) is 12.1 Å². The van der Waals surface area contributed by atoms with E-state index in [4.69, 9.17) is 0 Å². The predicted octanol–water partition coefficient (Wildman–Crippen LogP) is 3.36. The molecule has 6 nitrogen and oxygen atoms in total. The minimum atomic E-state index is -3.98. The predicted molar refractivity (Wildman–Crippen MR) is 75.9 cm³/mol. The number of thiophene rings is 1. The van der Waals surface area contributed by atoms with Crippen LogP contribution in [-0.4, -0.2) is 13.3 Å². The summed E-state index contributed by atoms with van der Waals surface area (Å²) in [6.07, 6.45) is 0. The standard InChI is InChI=1S/C10H6BrFN2O4S2/c11-9-3-4-10(19-9)20(17,18)13-8-5-6(14(15)16)1-2-7(8)12/h1-5,13H. The van der Waals surface area contributed by atoms with Gasteiger partial charge >= 0.3 is 0 Å². The fourth-order valence-electron chi connectivity index (χ4n) is 1.34. The topological polar surface area (TPSA) is 89.3 Å². The van der Waals surface area contributed by atoms with E-state index in [0.29, 0.717) is 3.79 Å². The Morgan fingerprint density at radius 2 is 2.00 bits per heavy atom. The van der Waals surface area contributed by atoms with Crippen LogP contribution in [-0.2, 0) is 10.0 Å². The lowest BCUT2D eigenvalue weighted by molar-refractivity contribution is -0.384. The average Bonchev–Trinajstić information content (AvgIpc) is 2.79. The van der Waals surface area contributed by atoms with E-state index in [1.165, 1.54) is 12.1 Å². The molecule has 0 aliphatic rings. The van der Waals surface area contributed by atoms with E-state index in [9.17, 15) is 22.9 Å². The Labute approximate surface area is 125 Å². The van der Waals surface area contributed by atoms with Gasteiger partial charge in [-0.2, -0.15) is 0 Å². The summed E-state index contributed by atoms with van der Waals surface area (Å²) in [5.74, 6) is -0.894. The molecule has 1 aromatic carbocycles. The van der Waals surface area contributed by atoms with Gasteiger partial charge in [0.2, 0.25) is 0 Å². The van der Waals surface area contributed by atoms with E-state index in [1.807, 2.05) is 4.72 Å². The van der Waals surface area contributed by atoms with Crippen LogP contribution in [0.15, 0.2) is 38.3 Å². The van der Waals surface area contributed by atoms with Crippen molar-refractivity contribution in [1.29, 1.82) is 0 Å². The number of rotatable bonds is 4. The highest BCUT2D eigenvalue weighted by atomic mass is 79.9. The van der Waals surface area contributed by atoms with Crippen LogP contribution in [0.5, 0.6) is 0 Å². The molecule has 0 radical (unpaired) electrons. The van der Waals surface area contributed by atoms with Gasteiger partial charge < -0.3 is 0 Å². The van der Waals surface area contributed by atoms with Gasteiger partial charge in [0.25, 0.3) is 15.7 Å². The molecular formula is C10H6BrFN2O4S2. The van der Waals surface area contributed by atoms with Crippen molar-refractivity contribution in [3.05, 3.63) is 50.0 Å². The van der Waals surface area contributed by atoms with E-state index in [1.54, 1.807) is 0 Å². The maximum Gasteiger partial charge on any atom is 0.271 e. The van der Waals surface area contributed by atoms with E-state index < -0.39 is 32.1 Å². The van der Waals surface area contributed by atoms with Gasteiger partial charge in [-0.05, 0) is 34.1 Å². The number of non-ortho nitro benzene ring substituents is 1. The molecule has 0 unspecified atom stereocenters. The normalized spacial score (nSPS) is 11.3. The number of hydrogen-bond acceptors (Lipinski definition) is 5. The summed E-state index contributed by atoms with van der Waals surface area (Å²) >= 11 is 4.06. The van der Waals surface area contributed by atoms with Crippen LogP contribution in [0.2, 0.25) is 0 Å². The second-order valence-electron chi connectivity index (χ2n) is 3.59. The Balaban J connectivity index is 2.39. The van der Waals surface area contributed by atoms with Gasteiger partial charge in [-0.1, -0.05) is 0 Å².